The van der Waals surface area contributed by atoms with Crippen molar-refractivity contribution in [3.05, 3.63) is 71.2 Å². The average Bonchev–Trinajstić information content (AvgIpc) is 3.77. The minimum absolute atomic E-state index is 0.153. The van der Waals surface area contributed by atoms with E-state index in [1.807, 2.05) is 25.1 Å². The predicted octanol–water partition coefficient (Wildman–Crippen LogP) is 4.69. The number of nitrogens with zero attached hydrogens (tertiary/aromatic N) is 7. The number of halogens is 1. The van der Waals surface area contributed by atoms with Crippen LogP contribution in [0.3, 0.4) is 0 Å². The predicted molar refractivity (Wildman–Crippen MR) is 172 cm³/mol. The van der Waals surface area contributed by atoms with E-state index < -0.39 is 5.82 Å². The number of nitrogens with one attached hydrogen (secondary N) is 2. The summed E-state index contributed by atoms with van der Waals surface area (Å²) in [6, 6.07) is 9.43. The van der Waals surface area contributed by atoms with Crippen molar-refractivity contribution in [3.63, 3.8) is 0 Å². The lowest BCUT2D eigenvalue weighted by Crippen LogP contribution is -2.36. The summed E-state index contributed by atoms with van der Waals surface area (Å²) in [5.41, 5.74) is 6.02. The number of hydrogen-bond donors (Lipinski definition) is 3. The van der Waals surface area contributed by atoms with Crippen molar-refractivity contribution in [2.24, 2.45) is 0 Å². The largest absolute Gasteiger partial charge is 0.505 e. The first kappa shape index (κ1) is 28.6. The lowest BCUT2D eigenvalue weighted by atomic mass is 9.96. The van der Waals surface area contributed by atoms with Gasteiger partial charge >= 0.3 is 0 Å². The number of rotatable bonds is 6. The third-order valence-corrected chi connectivity index (χ3v) is 9.55. The highest BCUT2D eigenvalue weighted by Crippen LogP contribution is 2.34. The molecule has 236 valence electrons. The van der Waals surface area contributed by atoms with E-state index in [-0.39, 0.29) is 11.7 Å². The molecule has 1 aliphatic carbocycles. The number of anilines is 1. The monoisotopic (exact) mass is 621 g/mol. The Labute approximate surface area is 265 Å². The van der Waals surface area contributed by atoms with Crippen molar-refractivity contribution in [1.29, 1.82) is 0 Å². The number of hydrogen-bond acceptors (Lipinski definition) is 8. The lowest BCUT2D eigenvalue weighted by molar-refractivity contribution is 0.0725. The number of aromatic hydroxyl groups is 1. The molecule has 8 rings (SSSR count). The van der Waals surface area contributed by atoms with Crippen molar-refractivity contribution >= 4 is 22.6 Å². The maximum absolute atomic E-state index is 14.2. The van der Waals surface area contributed by atoms with E-state index in [4.69, 9.17) is 4.98 Å². The highest BCUT2D eigenvalue weighted by molar-refractivity contribution is 5.94. The smallest absolute Gasteiger partial charge is 0.274 e. The van der Waals surface area contributed by atoms with Crippen molar-refractivity contribution in [2.45, 2.75) is 51.6 Å². The summed E-state index contributed by atoms with van der Waals surface area (Å²) in [7, 11) is 0. The highest BCUT2D eigenvalue weighted by atomic mass is 19.1. The van der Waals surface area contributed by atoms with E-state index in [0.29, 0.717) is 43.1 Å². The Hall–Kier alpha value is -4.84. The Bertz CT molecular complexity index is 1930. The molecule has 2 fully saturated rings. The number of carbonyl (C=O) groups excluding carboxylic acids is 1. The standard InChI is InChI=1S/C34H36FN9O2/c1-2-20-15-30(45)25(35)16-24(20)21-4-7-23-27(14-21)40-41-32(23)33-38-26-8-11-44(19-29(26)39-33)34(46)28-17-37-31(18-36-28)43-10-3-9-42(12-13-43)22-5-6-22/h4,7,14-18,22,45H,2-3,5-6,8-13,19H2,1H3,(H,38,39)(H,40,41). The van der Waals surface area contributed by atoms with Crippen LogP contribution in [0.15, 0.2) is 42.7 Å². The van der Waals surface area contributed by atoms with Gasteiger partial charge in [-0.15, -0.1) is 0 Å². The van der Waals surface area contributed by atoms with Gasteiger partial charge in [0.25, 0.3) is 5.91 Å². The summed E-state index contributed by atoms with van der Waals surface area (Å²) in [5, 5.41) is 18.3. The summed E-state index contributed by atoms with van der Waals surface area (Å²) >= 11 is 0. The van der Waals surface area contributed by atoms with Crippen molar-refractivity contribution < 1.29 is 14.3 Å². The summed E-state index contributed by atoms with van der Waals surface area (Å²) < 4.78 is 14.2. The zero-order valence-electron chi connectivity index (χ0n) is 25.8. The van der Waals surface area contributed by atoms with E-state index >= 15 is 0 Å². The van der Waals surface area contributed by atoms with Crippen LogP contribution in [-0.4, -0.2) is 89.7 Å². The lowest BCUT2D eigenvalue weighted by Gasteiger charge is -2.26. The molecule has 2 aromatic carbocycles. The number of carbonyl (C=O) groups is 1. The van der Waals surface area contributed by atoms with Crippen LogP contribution < -0.4 is 4.90 Å². The van der Waals surface area contributed by atoms with E-state index in [9.17, 15) is 14.3 Å². The van der Waals surface area contributed by atoms with E-state index in [2.05, 4.69) is 34.9 Å². The van der Waals surface area contributed by atoms with Crippen molar-refractivity contribution in [3.8, 4) is 28.4 Å². The molecule has 1 saturated carbocycles. The van der Waals surface area contributed by atoms with Gasteiger partial charge in [0.2, 0.25) is 0 Å². The molecule has 0 bridgehead atoms. The summed E-state index contributed by atoms with van der Waals surface area (Å²) in [6.45, 7) is 6.95. The third-order valence-electron chi connectivity index (χ3n) is 9.55. The Morgan fingerprint density at radius 2 is 1.96 bits per heavy atom. The first-order valence-electron chi connectivity index (χ1n) is 16.1. The topological polar surface area (TPSA) is 130 Å². The molecule has 0 spiro atoms. The van der Waals surface area contributed by atoms with Crippen LogP contribution in [0, 0.1) is 5.82 Å². The highest BCUT2D eigenvalue weighted by Gasteiger charge is 2.31. The Morgan fingerprint density at radius 1 is 1.07 bits per heavy atom. The SMILES string of the molecule is CCc1cc(O)c(F)cc1-c1ccc2c(-c3nc4c([nH]3)CCN(C(=O)c3cnc(N5CCCN(C6CC6)CC5)cn3)C4)n[nH]c2c1. The number of H-pyrrole nitrogens is 2. The second-order valence-electron chi connectivity index (χ2n) is 12.5. The van der Waals surface area contributed by atoms with Gasteiger partial charge in [0.15, 0.2) is 17.4 Å². The summed E-state index contributed by atoms with van der Waals surface area (Å²) in [5.74, 6) is 0.307. The molecular weight excluding hydrogens is 585 g/mol. The molecule has 3 aliphatic rings. The molecule has 3 N–H and O–H groups in total. The van der Waals surface area contributed by atoms with E-state index in [1.54, 1.807) is 17.3 Å². The minimum atomic E-state index is -0.650. The molecule has 12 heteroatoms. The molecule has 5 aromatic rings. The van der Waals surface area contributed by atoms with Crippen LogP contribution in [0.1, 0.15) is 53.6 Å². The van der Waals surface area contributed by atoms with Crippen LogP contribution in [0.2, 0.25) is 0 Å². The first-order valence-corrected chi connectivity index (χ1v) is 16.1. The zero-order chi connectivity index (χ0) is 31.4. The van der Waals surface area contributed by atoms with Gasteiger partial charge in [0, 0.05) is 56.3 Å². The fraction of sp³-hybridized carbons (Fsp3) is 0.382. The van der Waals surface area contributed by atoms with Crippen LogP contribution in [-0.2, 0) is 19.4 Å². The molecule has 46 heavy (non-hydrogen) atoms. The number of benzene rings is 2. The molecule has 3 aromatic heterocycles. The van der Waals surface area contributed by atoms with Gasteiger partial charge in [-0.3, -0.25) is 14.8 Å². The van der Waals surface area contributed by atoms with Crippen LogP contribution >= 0.6 is 0 Å². The van der Waals surface area contributed by atoms with E-state index in [1.165, 1.54) is 25.0 Å². The summed E-state index contributed by atoms with van der Waals surface area (Å²) in [6.07, 6.45) is 8.39. The third kappa shape index (κ3) is 5.26. The van der Waals surface area contributed by atoms with Gasteiger partial charge < -0.3 is 19.9 Å². The number of phenolic OH excluding ortho intramolecular Hbond substituents is 1. The van der Waals surface area contributed by atoms with Crippen molar-refractivity contribution in [1.82, 2.24) is 39.9 Å². The van der Waals surface area contributed by atoms with Gasteiger partial charge in [0.1, 0.15) is 17.2 Å². The number of aromatic nitrogens is 6. The van der Waals surface area contributed by atoms with E-state index in [0.717, 1.165) is 83.4 Å². The number of fused-ring (bicyclic) bond motifs is 2. The normalized spacial score (nSPS) is 17.3. The number of amides is 1. The maximum atomic E-state index is 14.2. The number of aromatic amines is 2. The molecule has 11 nitrogen and oxygen atoms in total. The van der Waals surface area contributed by atoms with Gasteiger partial charge in [0.05, 0.1) is 30.1 Å². The molecule has 2 aliphatic heterocycles. The summed E-state index contributed by atoms with van der Waals surface area (Å²) in [4.78, 5) is 37.5. The molecule has 0 unspecified atom stereocenters. The molecule has 1 amide bonds. The molecular formula is C34H36FN9O2. The fourth-order valence-electron chi connectivity index (χ4n) is 6.84. The van der Waals surface area contributed by atoms with Crippen molar-refractivity contribution in [2.75, 3.05) is 37.6 Å². The molecule has 0 radical (unpaired) electrons. The van der Waals surface area contributed by atoms with Gasteiger partial charge in [-0.05, 0) is 66.6 Å². The van der Waals surface area contributed by atoms with Gasteiger partial charge in [-0.1, -0.05) is 13.0 Å². The number of imidazole rings is 1. The van der Waals surface area contributed by atoms with Crippen LogP contribution in [0.4, 0.5) is 10.2 Å². The Kier molecular flexibility index (Phi) is 7.16. The minimum Gasteiger partial charge on any atom is -0.505 e. The second-order valence-corrected chi connectivity index (χ2v) is 12.5. The van der Waals surface area contributed by atoms with Crippen LogP contribution in [0.25, 0.3) is 33.5 Å². The quantitative estimate of drug-likeness (QED) is 0.249. The Balaban J connectivity index is 0.971. The average molecular weight is 622 g/mol. The molecule has 1 saturated heterocycles. The zero-order valence-corrected chi connectivity index (χ0v) is 25.8. The molecule has 5 heterocycles. The van der Waals surface area contributed by atoms with Gasteiger partial charge in [-0.2, -0.15) is 5.10 Å². The van der Waals surface area contributed by atoms with Gasteiger partial charge in [-0.25, -0.2) is 19.3 Å². The first-order chi connectivity index (χ1) is 22.4. The second kappa shape index (κ2) is 11.5. The number of aryl methyl sites for hydroxylation is 1. The number of phenols is 1. The molecule has 0 atom stereocenters. The Morgan fingerprint density at radius 3 is 2.76 bits per heavy atom. The maximum Gasteiger partial charge on any atom is 0.274 e. The fourth-order valence-corrected chi connectivity index (χ4v) is 6.84. The van der Waals surface area contributed by atoms with Crippen LogP contribution in [0.5, 0.6) is 5.75 Å².